The minimum absolute atomic E-state index is 0.100. The minimum atomic E-state index is -4.59. The molecule has 23 heavy (non-hydrogen) atoms. The van der Waals surface area contributed by atoms with Crippen molar-refractivity contribution in [3.05, 3.63) is 34.3 Å². The van der Waals surface area contributed by atoms with Crippen molar-refractivity contribution in [2.24, 2.45) is 11.7 Å². The number of rotatable bonds is 2. The number of hydrogen-bond donors (Lipinski definition) is 1. The topological polar surface area (TPSA) is 63.4 Å². The van der Waals surface area contributed by atoms with Gasteiger partial charge in [-0.25, -0.2) is 0 Å². The van der Waals surface area contributed by atoms with Crippen molar-refractivity contribution in [3.63, 3.8) is 0 Å². The molecule has 0 bridgehead atoms. The maximum atomic E-state index is 12.9. The van der Waals surface area contributed by atoms with Gasteiger partial charge in [-0.05, 0) is 38.0 Å². The summed E-state index contributed by atoms with van der Waals surface area (Å²) in [6.45, 7) is 1.88. The number of piperidine rings is 1. The van der Waals surface area contributed by atoms with E-state index in [1.54, 1.807) is 6.92 Å². The van der Waals surface area contributed by atoms with Gasteiger partial charge < -0.3 is 10.6 Å². The van der Waals surface area contributed by atoms with Gasteiger partial charge >= 0.3 is 6.18 Å². The van der Waals surface area contributed by atoms with Crippen LogP contribution in [0.2, 0.25) is 5.02 Å². The summed E-state index contributed by atoms with van der Waals surface area (Å²) in [6.07, 6.45) is -3.47. The van der Waals surface area contributed by atoms with Gasteiger partial charge in [0.2, 0.25) is 5.91 Å². The van der Waals surface area contributed by atoms with Gasteiger partial charge in [-0.1, -0.05) is 11.6 Å². The number of hydrogen-bond acceptors (Lipinski definition) is 2. The summed E-state index contributed by atoms with van der Waals surface area (Å²) in [4.78, 5) is 25.3. The Morgan fingerprint density at radius 3 is 2.48 bits per heavy atom. The third-order valence-electron chi connectivity index (χ3n) is 4.02. The predicted octanol–water partition coefficient (Wildman–Crippen LogP) is 3.08. The van der Waals surface area contributed by atoms with Gasteiger partial charge in [-0.3, -0.25) is 9.59 Å². The van der Waals surface area contributed by atoms with Crippen molar-refractivity contribution in [2.45, 2.75) is 32.0 Å². The van der Waals surface area contributed by atoms with Crippen LogP contribution in [0.25, 0.3) is 0 Å². The van der Waals surface area contributed by atoms with E-state index in [0.29, 0.717) is 12.8 Å². The zero-order valence-corrected chi connectivity index (χ0v) is 13.1. The first-order valence-corrected chi connectivity index (χ1v) is 7.45. The standard InChI is InChI=1S/C15H16ClF3N2O2/c1-8-2-3-9(13(20)22)7-21(8)14(23)10-4-11(15(17,18)19)6-12(16)5-10/h4-6,8-9H,2-3,7H2,1H3,(H2,20,22)/t8-,9-/m1/s1. The van der Waals surface area contributed by atoms with Gasteiger partial charge in [0.15, 0.2) is 0 Å². The second kappa shape index (κ2) is 6.39. The fraction of sp³-hybridized carbons (Fsp3) is 0.467. The van der Waals surface area contributed by atoms with Crippen LogP contribution in [0.15, 0.2) is 18.2 Å². The first-order valence-electron chi connectivity index (χ1n) is 7.07. The third-order valence-corrected chi connectivity index (χ3v) is 4.24. The third kappa shape index (κ3) is 3.96. The number of carbonyl (C=O) groups excluding carboxylic acids is 2. The van der Waals surface area contributed by atoms with Crippen LogP contribution in [0.1, 0.15) is 35.7 Å². The molecule has 126 valence electrons. The molecular formula is C15H16ClF3N2O2. The zero-order chi connectivity index (χ0) is 17.4. The summed E-state index contributed by atoms with van der Waals surface area (Å²) in [5.41, 5.74) is 4.14. The fourth-order valence-corrected chi connectivity index (χ4v) is 2.90. The highest BCUT2D eigenvalue weighted by Gasteiger charge is 2.35. The Balaban J connectivity index is 2.32. The summed E-state index contributed by atoms with van der Waals surface area (Å²) in [6, 6.07) is 2.55. The van der Waals surface area contributed by atoms with Crippen molar-refractivity contribution in [1.29, 1.82) is 0 Å². The molecular weight excluding hydrogens is 333 g/mol. The van der Waals surface area contributed by atoms with Crippen molar-refractivity contribution in [3.8, 4) is 0 Å². The number of halogens is 4. The second-order valence-electron chi connectivity index (χ2n) is 5.71. The average Bonchev–Trinajstić information content (AvgIpc) is 2.45. The van der Waals surface area contributed by atoms with Gasteiger partial charge in [-0.2, -0.15) is 13.2 Å². The number of primary amides is 1. The number of alkyl halides is 3. The van der Waals surface area contributed by atoms with Crippen LogP contribution >= 0.6 is 11.6 Å². The van der Waals surface area contributed by atoms with E-state index in [1.807, 2.05) is 0 Å². The molecule has 1 aromatic carbocycles. The Bertz CT molecular complexity index is 634. The number of amides is 2. The van der Waals surface area contributed by atoms with Gasteiger partial charge in [0.05, 0.1) is 11.5 Å². The molecule has 1 aliphatic rings. The highest BCUT2D eigenvalue weighted by Crippen LogP contribution is 2.33. The molecule has 0 unspecified atom stereocenters. The zero-order valence-electron chi connectivity index (χ0n) is 12.4. The van der Waals surface area contributed by atoms with Crippen LogP contribution in [-0.4, -0.2) is 29.3 Å². The molecule has 0 radical (unpaired) electrons. The molecule has 2 atom stereocenters. The lowest BCUT2D eigenvalue weighted by Gasteiger charge is -2.37. The lowest BCUT2D eigenvalue weighted by molar-refractivity contribution is -0.137. The number of nitrogens with two attached hydrogens (primary N) is 1. The minimum Gasteiger partial charge on any atom is -0.369 e. The van der Waals surface area contributed by atoms with Crippen LogP contribution < -0.4 is 5.73 Å². The fourth-order valence-electron chi connectivity index (χ4n) is 2.66. The molecule has 1 aliphatic heterocycles. The number of benzene rings is 1. The Hall–Kier alpha value is -1.76. The van der Waals surface area contributed by atoms with Crippen LogP contribution in [-0.2, 0) is 11.0 Å². The molecule has 0 saturated carbocycles. The monoisotopic (exact) mass is 348 g/mol. The van der Waals surface area contributed by atoms with E-state index < -0.39 is 29.5 Å². The first kappa shape index (κ1) is 17.6. The van der Waals surface area contributed by atoms with Crippen molar-refractivity contribution in [2.75, 3.05) is 6.54 Å². The smallest absolute Gasteiger partial charge is 0.369 e. The Kier molecular flexibility index (Phi) is 4.89. The van der Waals surface area contributed by atoms with Crippen LogP contribution in [0.4, 0.5) is 13.2 Å². The molecule has 1 saturated heterocycles. The molecule has 0 aromatic heterocycles. The Labute approximate surface area is 136 Å². The van der Waals surface area contributed by atoms with E-state index in [2.05, 4.69) is 0 Å². The van der Waals surface area contributed by atoms with Gasteiger partial charge in [0.25, 0.3) is 5.91 Å². The number of likely N-dealkylation sites (tertiary alicyclic amines) is 1. The Morgan fingerprint density at radius 1 is 1.26 bits per heavy atom. The molecule has 8 heteroatoms. The number of nitrogens with zero attached hydrogens (tertiary/aromatic N) is 1. The molecule has 4 nitrogen and oxygen atoms in total. The Morgan fingerprint density at radius 2 is 1.91 bits per heavy atom. The van der Waals surface area contributed by atoms with Crippen LogP contribution in [0, 0.1) is 5.92 Å². The highest BCUT2D eigenvalue weighted by molar-refractivity contribution is 6.31. The average molecular weight is 349 g/mol. The summed E-state index contributed by atoms with van der Waals surface area (Å²) in [5, 5.41) is -0.167. The second-order valence-corrected chi connectivity index (χ2v) is 6.15. The molecule has 1 aromatic rings. The lowest BCUT2D eigenvalue weighted by Crippen LogP contribution is -2.48. The highest BCUT2D eigenvalue weighted by atomic mass is 35.5. The molecule has 2 amide bonds. The van der Waals surface area contributed by atoms with E-state index in [1.165, 1.54) is 11.0 Å². The summed E-state index contributed by atoms with van der Waals surface area (Å²) >= 11 is 5.71. The van der Waals surface area contributed by atoms with Gasteiger partial charge in [-0.15, -0.1) is 0 Å². The van der Waals surface area contributed by atoms with Crippen molar-refractivity contribution >= 4 is 23.4 Å². The molecule has 2 rings (SSSR count). The van der Waals surface area contributed by atoms with Gasteiger partial charge in [0.1, 0.15) is 0 Å². The lowest BCUT2D eigenvalue weighted by atomic mass is 9.92. The molecule has 1 fully saturated rings. The molecule has 0 spiro atoms. The normalized spacial score (nSPS) is 22.0. The van der Waals surface area contributed by atoms with Crippen LogP contribution in [0.5, 0.6) is 0 Å². The largest absolute Gasteiger partial charge is 0.416 e. The summed E-state index contributed by atoms with van der Waals surface area (Å²) < 4.78 is 38.6. The predicted molar refractivity (Wildman–Crippen MR) is 78.9 cm³/mol. The van der Waals surface area contributed by atoms with Crippen LogP contribution in [0.3, 0.4) is 0 Å². The summed E-state index contributed by atoms with van der Waals surface area (Å²) in [5.74, 6) is -1.59. The maximum Gasteiger partial charge on any atom is 0.416 e. The summed E-state index contributed by atoms with van der Waals surface area (Å²) in [7, 11) is 0. The van der Waals surface area contributed by atoms with Crippen molar-refractivity contribution in [1.82, 2.24) is 4.90 Å². The first-order chi connectivity index (χ1) is 10.6. The van der Waals surface area contributed by atoms with E-state index in [0.717, 1.165) is 12.1 Å². The van der Waals surface area contributed by atoms with E-state index in [4.69, 9.17) is 17.3 Å². The molecule has 1 heterocycles. The number of carbonyl (C=O) groups is 2. The van der Waals surface area contributed by atoms with E-state index in [9.17, 15) is 22.8 Å². The SMILES string of the molecule is C[C@@H]1CC[C@@H](C(N)=O)CN1C(=O)c1cc(Cl)cc(C(F)(F)F)c1. The van der Waals surface area contributed by atoms with Crippen molar-refractivity contribution < 1.29 is 22.8 Å². The molecule has 0 aliphatic carbocycles. The van der Waals surface area contributed by atoms with Gasteiger partial charge in [0, 0.05) is 23.2 Å². The van der Waals surface area contributed by atoms with E-state index >= 15 is 0 Å². The quantitative estimate of drug-likeness (QED) is 0.892. The molecule has 2 N–H and O–H groups in total. The maximum absolute atomic E-state index is 12.9. The van der Waals surface area contributed by atoms with E-state index in [-0.39, 0.29) is 23.2 Å².